The number of rotatable bonds is 3. The van der Waals surface area contributed by atoms with E-state index in [9.17, 15) is 4.79 Å². The second kappa shape index (κ2) is 5.82. The molecule has 1 saturated heterocycles. The minimum Gasteiger partial charge on any atom is -0.459 e. The smallest absolute Gasteiger partial charge is 0.338 e. The van der Waals surface area contributed by atoms with Gasteiger partial charge in [-0.1, -0.05) is 18.2 Å². The van der Waals surface area contributed by atoms with Crippen LogP contribution in [-0.4, -0.2) is 25.2 Å². The number of piperidine rings is 1. The molecule has 0 radical (unpaired) electrons. The van der Waals surface area contributed by atoms with Crippen molar-refractivity contribution in [3.8, 4) is 0 Å². The van der Waals surface area contributed by atoms with Crippen molar-refractivity contribution in [3.63, 3.8) is 0 Å². The van der Waals surface area contributed by atoms with Crippen molar-refractivity contribution in [1.82, 2.24) is 5.32 Å². The fourth-order valence-corrected chi connectivity index (χ4v) is 2.22. The Kier molecular flexibility index (Phi) is 4.15. The van der Waals surface area contributed by atoms with Crippen LogP contribution >= 0.6 is 0 Å². The number of carbonyl (C=O) groups is 1. The van der Waals surface area contributed by atoms with Crippen LogP contribution in [0.2, 0.25) is 0 Å². The van der Waals surface area contributed by atoms with E-state index in [1.165, 1.54) is 0 Å². The van der Waals surface area contributed by atoms with E-state index in [-0.39, 0.29) is 12.1 Å². The fraction of sp³-hybridized carbons (Fsp3) is 0.500. The van der Waals surface area contributed by atoms with Crippen LogP contribution in [0, 0.1) is 5.92 Å². The van der Waals surface area contributed by atoms with Crippen molar-refractivity contribution in [3.05, 3.63) is 35.9 Å². The summed E-state index contributed by atoms with van der Waals surface area (Å²) in [6, 6.07) is 9.18. The van der Waals surface area contributed by atoms with Gasteiger partial charge in [0.2, 0.25) is 0 Å². The van der Waals surface area contributed by atoms with Crippen LogP contribution in [0.5, 0.6) is 0 Å². The van der Waals surface area contributed by atoms with E-state index in [4.69, 9.17) is 4.74 Å². The Morgan fingerprint density at radius 1 is 1.29 bits per heavy atom. The van der Waals surface area contributed by atoms with Crippen LogP contribution < -0.4 is 5.32 Å². The summed E-state index contributed by atoms with van der Waals surface area (Å²) in [6.45, 7) is 4.05. The Labute approximate surface area is 102 Å². The molecule has 0 saturated carbocycles. The molecule has 0 aromatic heterocycles. The molecule has 3 nitrogen and oxygen atoms in total. The van der Waals surface area contributed by atoms with E-state index < -0.39 is 0 Å². The minimum atomic E-state index is -0.211. The summed E-state index contributed by atoms with van der Waals surface area (Å²) in [5.41, 5.74) is 0.633. The van der Waals surface area contributed by atoms with Crippen LogP contribution in [-0.2, 0) is 4.74 Å². The first-order valence-electron chi connectivity index (χ1n) is 6.24. The van der Waals surface area contributed by atoms with Crippen molar-refractivity contribution in [2.75, 3.05) is 13.1 Å². The predicted molar refractivity (Wildman–Crippen MR) is 66.9 cm³/mol. The minimum absolute atomic E-state index is 0.00445. The number of esters is 1. The van der Waals surface area contributed by atoms with E-state index in [1.807, 2.05) is 25.1 Å². The van der Waals surface area contributed by atoms with E-state index in [0.29, 0.717) is 11.5 Å². The average molecular weight is 233 g/mol. The molecule has 1 aromatic carbocycles. The SMILES string of the molecule is CC(OC(=O)c1ccccc1)C1CCNCC1. The van der Waals surface area contributed by atoms with Crippen molar-refractivity contribution >= 4 is 5.97 Å². The van der Waals surface area contributed by atoms with Gasteiger partial charge in [0, 0.05) is 0 Å². The topological polar surface area (TPSA) is 38.3 Å². The Morgan fingerprint density at radius 3 is 2.59 bits per heavy atom. The lowest BCUT2D eigenvalue weighted by molar-refractivity contribution is 0.0152. The number of benzene rings is 1. The summed E-state index contributed by atoms with van der Waals surface area (Å²) >= 11 is 0. The molecule has 2 rings (SSSR count). The highest BCUT2D eigenvalue weighted by atomic mass is 16.5. The summed E-state index contributed by atoms with van der Waals surface area (Å²) in [4.78, 5) is 11.9. The van der Waals surface area contributed by atoms with Gasteiger partial charge < -0.3 is 10.1 Å². The van der Waals surface area contributed by atoms with Gasteiger partial charge in [-0.25, -0.2) is 4.79 Å². The summed E-state index contributed by atoms with van der Waals surface area (Å²) in [5, 5.41) is 3.31. The van der Waals surface area contributed by atoms with Gasteiger partial charge in [-0.05, 0) is 50.9 Å². The van der Waals surface area contributed by atoms with Gasteiger partial charge in [0.05, 0.1) is 5.56 Å². The third-order valence-electron chi connectivity index (χ3n) is 3.35. The van der Waals surface area contributed by atoms with Gasteiger partial charge in [0.15, 0.2) is 0 Å². The highest BCUT2D eigenvalue weighted by molar-refractivity contribution is 5.89. The normalized spacial score (nSPS) is 18.6. The second-order valence-corrected chi connectivity index (χ2v) is 4.56. The Balaban J connectivity index is 1.89. The molecule has 92 valence electrons. The maximum atomic E-state index is 11.9. The predicted octanol–water partition coefficient (Wildman–Crippen LogP) is 2.23. The largest absolute Gasteiger partial charge is 0.459 e. The Hall–Kier alpha value is -1.35. The molecule has 17 heavy (non-hydrogen) atoms. The molecule has 0 amide bonds. The van der Waals surface area contributed by atoms with Crippen LogP contribution in [0.25, 0.3) is 0 Å². The fourth-order valence-electron chi connectivity index (χ4n) is 2.22. The summed E-state index contributed by atoms with van der Waals surface area (Å²) < 4.78 is 5.51. The number of hydrogen-bond acceptors (Lipinski definition) is 3. The van der Waals surface area contributed by atoms with Crippen molar-refractivity contribution in [1.29, 1.82) is 0 Å². The third kappa shape index (κ3) is 3.30. The third-order valence-corrected chi connectivity index (χ3v) is 3.35. The molecule has 1 unspecified atom stereocenters. The van der Waals surface area contributed by atoms with E-state index in [1.54, 1.807) is 12.1 Å². The van der Waals surface area contributed by atoms with Crippen molar-refractivity contribution < 1.29 is 9.53 Å². The Morgan fingerprint density at radius 2 is 1.94 bits per heavy atom. The van der Waals surface area contributed by atoms with Crippen LogP contribution in [0.15, 0.2) is 30.3 Å². The summed E-state index contributed by atoms with van der Waals surface area (Å²) in [7, 11) is 0. The maximum Gasteiger partial charge on any atom is 0.338 e. The molecule has 1 aromatic rings. The van der Waals surface area contributed by atoms with Crippen molar-refractivity contribution in [2.45, 2.75) is 25.9 Å². The van der Waals surface area contributed by atoms with Crippen LogP contribution in [0.1, 0.15) is 30.1 Å². The molecule has 1 heterocycles. The van der Waals surface area contributed by atoms with E-state index in [2.05, 4.69) is 5.32 Å². The molecule has 0 spiro atoms. The lowest BCUT2D eigenvalue weighted by atomic mass is 9.93. The molecular weight excluding hydrogens is 214 g/mol. The first kappa shape index (κ1) is 12.1. The first-order valence-corrected chi connectivity index (χ1v) is 6.24. The number of carbonyl (C=O) groups excluding carboxylic acids is 1. The van der Waals surface area contributed by atoms with Crippen LogP contribution in [0.4, 0.5) is 0 Å². The quantitative estimate of drug-likeness (QED) is 0.814. The molecular formula is C14H19NO2. The number of nitrogens with one attached hydrogen (secondary N) is 1. The molecule has 0 bridgehead atoms. The average Bonchev–Trinajstić information content (AvgIpc) is 2.40. The van der Waals surface area contributed by atoms with Gasteiger partial charge in [-0.15, -0.1) is 0 Å². The zero-order chi connectivity index (χ0) is 12.1. The summed E-state index contributed by atoms with van der Waals surface area (Å²) in [5.74, 6) is 0.278. The first-order chi connectivity index (χ1) is 8.27. The highest BCUT2D eigenvalue weighted by Gasteiger charge is 2.23. The summed E-state index contributed by atoms with van der Waals surface area (Å²) in [6.07, 6.45) is 2.18. The van der Waals surface area contributed by atoms with E-state index in [0.717, 1.165) is 25.9 Å². The lowest BCUT2D eigenvalue weighted by Crippen LogP contribution is -2.35. The van der Waals surface area contributed by atoms with Gasteiger partial charge >= 0.3 is 5.97 Å². The van der Waals surface area contributed by atoms with E-state index >= 15 is 0 Å². The molecule has 1 fully saturated rings. The maximum absolute atomic E-state index is 11.9. The van der Waals surface area contributed by atoms with Gasteiger partial charge in [0.1, 0.15) is 6.10 Å². The standard InChI is InChI=1S/C14H19NO2/c1-11(12-7-9-15-10-8-12)17-14(16)13-5-3-2-4-6-13/h2-6,11-12,15H,7-10H2,1H3. The van der Waals surface area contributed by atoms with Gasteiger partial charge in [-0.2, -0.15) is 0 Å². The molecule has 3 heteroatoms. The molecule has 1 N–H and O–H groups in total. The number of ether oxygens (including phenoxy) is 1. The second-order valence-electron chi connectivity index (χ2n) is 4.56. The van der Waals surface area contributed by atoms with Gasteiger partial charge in [0.25, 0.3) is 0 Å². The van der Waals surface area contributed by atoms with Crippen LogP contribution in [0.3, 0.4) is 0 Å². The Bertz CT molecular complexity index is 358. The van der Waals surface area contributed by atoms with Gasteiger partial charge in [-0.3, -0.25) is 0 Å². The molecule has 1 atom stereocenters. The zero-order valence-corrected chi connectivity index (χ0v) is 10.2. The lowest BCUT2D eigenvalue weighted by Gasteiger charge is -2.27. The van der Waals surface area contributed by atoms with Crippen molar-refractivity contribution in [2.24, 2.45) is 5.92 Å². The molecule has 0 aliphatic carbocycles. The highest BCUT2D eigenvalue weighted by Crippen LogP contribution is 2.19. The molecule has 1 aliphatic rings. The zero-order valence-electron chi connectivity index (χ0n) is 10.2. The monoisotopic (exact) mass is 233 g/mol. The molecule has 1 aliphatic heterocycles. The number of hydrogen-bond donors (Lipinski definition) is 1.